The summed E-state index contributed by atoms with van der Waals surface area (Å²) in [6.07, 6.45) is 2.90. The van der Waals surface area contributed by atoms with Crippen molar-refractivity contribution >= 4 is 11.8 Å². The number of aromatic amines is 1. The highest BCUT2D eigenvalue weighted by molar-refractivity contribution is 5.94. The van der Waals surface area contributed by atoms with Gasteiger partial charge in [-0.25, -0.2) is 0 Å². The van der Waals surface area contributed by atoms with Crippen molar-refractivity contribution in [2.75, 3.05) is 26.2 Å². The minimum Gasteiger partial charge on any atom is -0.459 e. The van der Waals surface area contributed by atoms with E-state index in [1.165, 1.54) is 18.5 Å². The van der Waals surface area contributed by atoms with E-state index >= 15 is 0 Å². The first kappa shape index (κ1) is 15.1. The molecule has 0 spiro atoms. The predicted molar refractivity (Wildman–Crippen MR) is 82.3 cm³/mol. The molecule has 0 aromatic carbocycles. The lowest BCUT2D eigenvalue weighted by atomic mass is 10.2. The van der Waals surface area contributed by atoms with Crippen LogP contribution in [0.25, 0.3) is 0 Å². The zero-order valence-electron chi connectivity index (χ0n) is 12.7. The molecule has 2 aromatic rings. The fourth-order valence-electron chi connectivity index (χ4n) is 2.58. The number of carbonyl (C=O) groups excluding carboxylic acids is 2. The van der Waals surface area contributed by atoms with Crippen LogP contribution in [0.4, 0.5) is 0 Å². The van der Waals surface area contributed by atoms with Gasteiger partial charge in [0, 0.05) is 44.1 Å². The van der Waals surface area contributed by atoms with Gasteiger partial charge in [-0.2, -0.15) is 0 Å². The molecule has 2 amide bonds. The second kappa shape index (κ2) is 6.12. The van der Waals surface area contributed by atoms with Gasteiger partial charge in [-0.1, -0.05) is 0 Å². The van der Waals surface area contributed by atoms with Crippen LogP contribution in [0.2, 0.25) is 0 Å². The van der Waals surface area contributed by atoms with E-state index in [4.69, 9.17) is 4.42 Å². The van der Waals surface area contributed by atoms with Gasteiger partial charge in [-0.3, -0.25) is 14.4 Å². The molecule has 3 heterocycles. The fraction of sp³-hybridized carbons (Fsp3) is 0.312. The molecule has 0 atom stereocenters. The Morgan fingerprint density at radius 1 is 1.13 bits per heavy atom. The molecule has 0 radical (unpaired) electrons. The Morgan fingerprint density at radius 2 is 1.78 bits per heavy atom. The van der Waals surface area contributed by atoms with Gasteiger partial charge in [-0.05, 0) is 19.1 Å². The molecule has 0 saturated carbocycles. The normalized spacial score (nSPS) is 14.8. The van der Waals surface area contributed by atoms with Crippen LogP contribution in [-0.4, -0.2) is 52.8 Å². The van der Waals surface area contributed by atoms with E-state index in [1.54, 1.807) is 28.9 Å². The van der Waals surface area contributed by atoms with Crippen LogP contribution in [0.5, 0.6) is 0 Å². The number of piperazine rings is 1. The Balaban J connectivity index is 1.66. The lowest BCUT2D eigenvalue weighted by Gasteiger charge is -2.34. The van der Waals surface area contributed by atoms with E-state index in [0.717, 1.165) is 0 Å². The van der Waals surface area contributed by atoms with E-state index in [-0.39, 0.29) is 22.8 Å². The quantitative estimate of drug-likeness (QED) is 0.891. The van der Waals surface area contributed by atoms with Gasteiger partial charge in [0.15, 0.2) is 11.2 Å². The summed E-state index contributed by atoms with van der Waals surface area (Å²) in [7, 11) is 0. The molecular formula is C16H17N3O4. The molecule has 1 aliphatic rings. The molecule has 7 nitrogen and oxygen atoms in total. The number of pyridine rings is 1. The summed E-state index contributed by atoms with van der Waals surface area (Å²) in [4.78, 5) is 42.6. The Hall–Kier alpha value is -2.83. The van der Waals surface area contributed by atoms with Gasteiger partial charge in [0.25, 0.3) is 11.8 Å². The first-order chi connectivity index (χ1) is 11.1. The molecule has 0 unspecified atom stereocenters. The largest absolute Gasteiger partial charge is 0.459 e. The molecule has 2 aromatic heterocycles. The predicted octanol–water partition coefficient (Wildman–Crippen LogP) is 0.875. The number of carbonyl (C=O) groups is 2. The standard InChI is InChI=1S/C16H17N3O4/c1-11-9-13(20)12(10-17-11)15(21)18-4-6-19(7-5-18)16(22)14-3-2-8-23-14/h2-3,8-10H,4-7H2,1H3,(H,17,20). The lowest BCUT2D eigenvalue weighted by molar-refractivity contribution is 0.0517. The number of aryl methyl sites for hydroxylation is 1. The van der Waals surface area contributed by atoms with Gasteiger partial charge in [-0.15, -0.1) is 0 Å². The number of H-pyrrole nitrogens is 1. The molecule has 1 N–H and O–H groups in total. The number of hydrogen-bond donors (Lipinski definition) is 1. The van der Waals surface area contributed by atoms with Crippen LogP contribution in [0, 0.1) is 6.92 Å². The van der Waals surface area contributed by atoms with Crippen LogP contribution in [-0.2, 0) is 0 Å². The van der Waals surface area contributed by atoms with Gasteiger partial charge in [0.1, 0.15) is 5.56 Å². The van der Waals surface area contributed by atoms with Crippen molar-refractivity contribution in [3.05, 3.63) is 57.9 Å². The third kappa shape index (κ3) is 3.03. The van der Waals surface area contributed by atoms with E-state index in [2.05, 4.69) is 4.98 Å². The summed E-state index contributed by atoms with van der Waals surface area (Å²) in [6.45, 7) is 3.36. The van der Waals surface area contributed by atoms with E-state index in [0.29, 0.717) is 37.6 Å². The molecule has 7 heteroatoms. The number of nitrogens with zero attached hydrogens (tertiary/aromatic N) is 2. The molecule has 0 bridgehead atoms. The number of aromatic nitrogens is 1. The first-order valence-corrected chi connectivity index (χ1v) is 7.37. The molecule has 1 aliphatic heterocycles. The second-order valence-electron chi connectivity index (χ2n) is 5.46. The lowest BCUT2D eigenvalue weighted by Crippen LogP contribution is -2.51. The van der Waals surface area contributed by atoms with Gasteiger partial charge in [0.2, 0.25) is 0 Å². The van der Waals surface area contributed by atoms with Crippen molar-refractivity contribution in [2.24, 2.45) is 0 Å². The average Bonchev–Trinajstić information content (AvgIpc) is 3.08. The van der Waals surface area contributed by atoms with Crippen LogP contribution >= 0.6 is 0 Å². The Labute approximate surface area is 132 Å². The van der Waals surface area contributed by atoms with Gasteiger partial charge in [0.05, 0.1) is 6.26 Å². The molecule has 120 valence electrons. The molecule has 1 saturated heterocycles. The fourth-order valence-corrected chi connectivity index (χ4v) is 2.58. The zero-order valence-corrected chi connectivity index (χ0v) is 12.7. The SMILES string of the molecule is Cc1cc(=O)c(C(=O)N2CCN(C(=O)c3ccco3)CC2)c[nH]1. The summed E-state index contributed by atoms with van der Waals surface area (Å²) in [5.74, 6) is -0.202. The first-order valence-electron chi connectivity index (χ1n) is 7.37. The summed E-state index contributed by atoms with van der Waals surface area (Å²) in [5, 5.41) is 0. The van der Waals surface area contributed by atoms with Crippen molar-refractivity contribution < 1.29 is 14.0 Å². The third-order valence-corrected chi connectivity index (χ3v) is 3.87. The number of amides is 2. The van der Waals surface area contributed by atoms with Crippen LogP contribution in [0.1, 0.15) is 26.6 Å². The number of hydrogen-bond acceptors (Lipinski definition) is 4. The van der Waals surface area contributed by atoms with E-state index < -0.39 is 0 Å². The topological polar surface area (TPSA) is 86.6 Å². The highest BCUT2D eigenvalue weighted by atomic mass is 16.3. The van der Waals surface area contributed by atoms with Crippen LogP contribution in [0.15, 0.2) is 39.9 Å². The Morgan fingerprint density at radius 3 is 2.35 bits per heavy atom. The zero-order chi connectivity index (χ0) is 16.4. The molecule has 0 aliphatic carbocycles. The van der Waals surface area contributed by atoms with E-state index in [9.17, 15) is 14.4 Å². The second-order valence-corrected chi connectivity index (χ2v) is 5.46. The minimum absolute atomic E-state index is 0.126. The maximum atomic E-state index is 12.4. The number of rotatable bonds is 2. The van der Waals surface area contributed by atoms with Crippen LogP contribution in [0.3, 0.4) is 0 Å². The summed E-state index contributed by atoms with van der Waals surface area (Å²) in [6, 6.07) is 4.69. The van der Waals surface area contributed by atoms with Crippen LogP contribution < -0.4 is 5.43 Å². The smallest absolute Gasteiger partial charge is 0.289 e. The average molecular weight is 315 g/mol. The summed E-state index contributed by atoms with van der Waals surface area (Å²) >= 11 is 0. The number of nitrogens with one attached hydrogen (secondary N) is 1. The van der Waals surface area contributed by atoms with Crippen molar-refractivity contribution in [1.82, 2.24) is 14.8 Å². The van der Waals surface area contributed by atoms with Gasteiger partial charge >= 0.3 is 0 Å². The van der Waals surface area contributed by atoms with Gasteiger partial charge < -0.3 is 19.2 Å². The Kier molecular flexibility index (Phi) is 4.01. The third-order valence-electron chi connectivity index (χ3n) is 3.87. The monoisotopic (exact) mass is 315 g/mol. The summed E-state index contributed by atoms with van der Waals surface area (Å²) < 4.78 is 5.10. The highest BCUT2D eigenvalue weighted by Gasteiger charge is 2.27. The molecule has 3 rings (SSSR count). The Bertz CT molecular complexity index is 771. The minimum atomic E-state index is -0.309. The summed E-state index contributed by atoms with van der Waals surface area (Å²) in [5.41, 5.74) is 0.544. The van der Waals surface area contributed by atoms with Crippen molar-refractivity contribution in [1.29, 1.82) is 0 Å². The van der Waals surface area contributed by atoms with Crippen molar-refractivity contribution in [3.8, 4) is 0 Å². The molecule has 23 heavy (non-hydrogen) atoms. The highest BCUT2D eigenvalue weighted by Crippen LogP contribution is 2.11. The maximum Gasteiger partial charge on any atom is 0.289 e. The van der Waals surface area contributed by atoms with Crippen molar-refractivity contribution in [3.63, 3.8) is 0 Å². The molecular weight excluding hydrogens is 298 g/mol. The number of furan rings is 1. The van der Waals surface area contributed by atoms with Crippen molar-refractivity contribution in [2.45, 2.75) is 6.92 Å². The molecule has 1 fully saturated rings. The van der Waals surface area contributed by atoms with E-state index in [1.807, 2.05) is 0 Å². The maximum absolute atomic E-state index is 12.4.